The molecule has 0 fully saturated rings. The molecule has 0 aromatic heterocycles. The Labute approximate surface area is 204 Å². The zero-order valence-electron chi connectivity index (χ0n) is 17.3. The number of benzene rings is 3. The third kappa shape index (κ3) is 6.34. The second-order valence-electron chi connectivity index (χ2n) is 6.84. The summed E-state index contributed by atoms with van der Waals surface area (Å²) in [4.78, 5) is 50.2. The van der Waals surface area contributed by atoms with E-state index in [0.717, 1.165) is 0 Å². The van der Waals surface area contributed by atoms with Crippen LogP contribution in [0.4, 0.5) is 5.69 Å². The third-order valence-corrected chi connectivity index (χ3v) is 5.00. The van der Waals surface area contributed by atoms with E-state index in [1.165, 1.54) is 42.5 Å². The molecule has 1 amide bonds. The number of amides is 1. The summed E-state index contributed by atoms with van der Waals surface area (Å²) in [6.45, 7) is 0. The molecule has 2 N–H and O–H groups in total. The van der Waals surface area contributed by atoms with Crippen LogP contribution in [0.25, 0.3) is 0 Å². The molecule has 3 aromatic rings. The number of carboxylic acid groups (broad SMARTS) is 1. The molecule has 0 heterocycles. The molecule has 2 atom stereocenters. The molecule has 3 rings (SSSR count). The number of carbonyl (C=O) groups excluding carboxylic acids is 3. The van der Waals surface area contributed by atoms with Crippen LogP contribution in [0, 0.1) is 0 Å². The number of aliphatic carboxylic acids is 1. The summed E-state index contributed by atoms with van der Waals surface area (Å²) in [5.74, 6) is -4.80. The van der Waals surface area contributed by atoms with Crippen molar-refractivity contribution in [2.75, 3.05) is 5.32 Å². The molecule has 34 heavy (non-hydrogen) atoms. The SMILES string of the molecule is O=C(O[C@H](C(=O)O)[C@H](OC(=O)c1ccccc1)C(=O)Nc1ccc(Cl)cc1Cl)c1ccccc1. The topological polar surface area (TPSA) is 119 Å². The summed E-state index contributed by atoms with van der Waals surface area (Å²) in [5, 5.41) is 12.5. The first kappa shape index (κ1) is 24.8. The maximum Gasteiger partial charge on any atom is 0.349 e. The van der Waals surface area contributed by atoms with E-state index in [0.29, 0.717) is 5.02 Å². The number of carboxylic acids is 1. The fraction of sp³-hybridized carbons (Fsp3) is 0.0833. The summed E-state index contributed by atoms with van der Waals surface area (Å²) < 4.78 is 10.3. The fourth-order valence-electron chi connectivity index (χ4n) is 2.80. The average Bonchev–Trinajstić information content (AvgIpc) is 2.83. The average molecular weight is 502 g/mol. The first-order valence-corrected chi connectivity index (χ1v) is 10.5. The predicted molar refractivity (Wildman–Crippen MR) is 124 cm³/mol. The number of esters is 2. The van der Waals surface area contributed by atoms with Gasteiger partial charge in [0.1, 0.15) is 0 Å². The van der Waals surface area contributed by atoms with Crippen molar-refractivity contribution in [1.82, 2.24) is 0 Å². The number of carbonyl (C=O) groups is 4. The van der Waals surface area contributed by atoms with Gasteiger partial charge in [-0.15, -0.1) is 0 Å². The summed E-state index contributed by atoms with van der Waals surface area (Å²) >= 11 is 11.9. The molecule has 10 heteroatoms. The maximum absolute atomic E-state index is 13.0. The third-order valence-electron chi connectivity index (χ3n) is 4.45. The highest BCUT2D eigenvalue weighted by atomic mass is 35.5. The van der Waals surface area contributed by atoms with Crippen LogP contribution < -0.4 is 5.32 Å². The van der Waals surface area contributed by atoms with E-state index < -0.39 is 36.0 Å². The van der Waals surface area contributed by atoms with Crippen LogP contribution in [0.15, 0.2) is 78.9 Å². The molecule has 174 valence electrons. The van der Waals surface area contributed by atoms with Gasteiger partial charge in [0.25, 0.3) is 5.91 Å². The predicted octanol–water partition coefficient (Wildman–Crippen LogP) is 4.47. The largest absolute Gasteiger partial charge is 0.478 e. The summed E-state index contributed by atoms with van der Waals surface area (Å²) in [7, 11) is 0. The zero-order valence-corrected chi connectivity index (χ0v) is 18.8. The van der Waals surface area contributed by atoms with Gasteiger partial charge in [-0.2, -0.15) is 0 Å². The highest BCUT2D eigenvalue weighted by Gasteiger charge is 2.41. The van der Waals surface area contributed by atoms with Crippen LogP contribution in [0.2, 0.25) is 10.0 Å². The van der Waals surface area contributed by atoms with Crippen molar-refractivity contribution in [2.24, 2.45) is 0 Å². The molecule has 0 aliphatic heterocycles. The van der Waals surface area contributed by atoms with Gasteiger partial charge in [-0.3, -0.25) is 4.79 Å². The van der Waals surface area contributed by atoms with Gasteiger partial charge in [0, 0.05) is 5.02 Å². The van der Waals surface area contributed by atoms with Crippen molar-refractivity contribution in [1.29, 1.82) is 0 Å². The van der Waals surface area contributed by atoms with E-state index in [2.05, 4.69) is 5.32 Å². The van der Waals surface area contributed by atoms with Crippen molar-refractivity contribution in [3.8, 4) is 0 Å². The molecule has 0 radical (unpaired) electrons. The molecule has 0 saturated carbocycles. The smallest absolute Gasteiger partial charge is 0.349 e. The summed E-state index contributed by atoms with van der Waals surface area (Å²) in [6, 6.07) is 19.3. The Hall–Kier alpha value is -3.88. The minimum absolute atomic E-state index is 0.0445. The quantitative estimate of drug-likeness (QED) is 0.437. The highest BCUT2D eigenvalue weighted by Crippen LogP contribution is 2.26. The summed E-state index contributed by atoms with van der Waals surface area (Å²) in [6.07, 6.45) is -4.21. The molecule has 0 saturated heterocycles. The first-order chi connectivity index (χ1) is 16.3. The Balaban J connectivity index is 1.92. The van der Waals surface area contributed by atoms with Crippen molar-refractivity contribution in [3.63, 3.8) is 0 Å². The van der Waals surface area contributed by atoms with Gasteiger partial charge in [-0.05, 0) is 42.5 Å². The van der Waals surface area contributed by atoms with E-state index in [9.17, 15) is 24.3 Å². The number of halogens is 2. The maximum atomic E-state index is 13.0. The van der Waals surface area contributed by atoms with Crippen molar-refractivity contribution >= 4 is 52.7 Å². The fourth-order valence-corrected chi connectivity index (χ4v) is 3.26. The lowest BCUT2D eigenvalue weighted by Crippen LogP contribution is -2.48. The van der Waals surface area contributed by atoms with Crippen LogP contribution in [-0.2, 0) is 19.1 Å². The number of rotatable bonds is 8. The van der Waals surface area contributed by atoms with Gasteiger partial charge in [0.15, 0.2) is 0 Å². The molecule has 0 spiro atoms. The van der Waals surface area contributed by atoms with Gasteiger partial charge in [-0.25, -0.2) is 14.4 Å². The van der Waals surface area contributed by atoms with Crippen molar-refractivity contribution in [2.45, 2.75) is 12.2 Å². The number of hydrogen-bond donors (Lipinski definition) is 2. The Bertz CT molecular complexity index is 1200. The van der Waals surface area contributed by atoms with Crippen LogP contribution in [-0.4, -0.2) is 41.1 Å². The van der Waals surface area contributed by atoms with E-state index in [1.807, 2.05) is 0 Å². The van der Waals surface area contributed by atoms with Gasteiger partial charge in [-0.1, -0.05) is 59.6 Å². The number of ether oxygens (including phenoxy) is 2. The van der Waals surface area contributed by atoms with E-state index in [1.54, 1.807) is 36.4 Å². The van der Waals surface area contributed by atoms with Gasteiger partial charge < -0.3 is 19.9 Å². The van der Waals surface area contributed by atoms with Gasteiger partial charge in [0.2, 0.25) is 12.2 Å². The number of hydrogen-bond acceptors (Lipinski definition) is 6. The number of anilines is 1. The Morgan fingerprint density at radius 1 is 0.735 bits per heavy atom. The molecule has 0 bridgehead atoms. The van der Waals surface area contributed by atoms with Crippen LogP contribution in [0.1, 0.15) is 20.7 Å². The molecule has 8 nitrogen and oxygen atoms in total. The van der Waals surface area contributed by atoms with Crippen LogP contribution in [0.3, 0.4) is 0 Å². The molecular formula is C24H17Cl2NO7. The van der Waals surface area contributed by atoms with Crippen molar-refractivity contribution < 1.29 is 33.8 Å². The minimum atomic E-state index is -2.16. The lowest BCUT2D eigenvalue weighted by atomic mass is 10.1. The first-order valence-electron chi connectivity index (χ1n) is 9.77. The Morgan fingerprint density at radius 3 is 1.71 bits per heavy atom. The van der Waals surface area contributed by atoms with E-state index in [4.69, 9.17) is 32.7 Å². The minimum Gasteiger partial charge on any atom is -0.478 e. The number of nitrogens with one attached hydrogen (secondary N) is 1. The summed E-state index contributed by atoms with van der Waals surface area (Å²) in [5.41, 5.74) is 0.182. The highest BCUT2D eigenvalue weighted by molar-refractivity contribution is 6.36. The van der Waals surface area contributed by atoms with E-state index >= 15 is 0 Å². The second kappa shape index (κ2) is 11.3. The Morgan fingerprint density at radius 2 is 1.24 bits per heavy atom. The standard InChI is InChI=1S/C24H17Cl2NO7/c25-16-11-12-18(17(26)13-16)27-21(28)19(33-23(31)14-7-3-1-4-8-14)20(22(29)30)34-24(32)15-9-5-2-6-10-15/h1-13,19-20H,(H,27,28)(H,29,30)/t19-,20-/m0/s1. The molecule has 0 aliphatic carbocycles. The van der Waals surface area contributed by atoms with Gasteiger partial charge in [0.05, 0.1) is 21.8 Å². The molecule has 0 unspecified atom stereocenters. The Kier molecular flexibility index (Phi) is 8.24. The second-order valence-corrected chi connectivity index (χ2v) is 7.68. The molecular weight excluding hydrogens is 485 g/mol. The zero-order chi connectivity index (χ0) is 24.7. The molecule has 3 aromatic carbocycles. The molecule has 0 aliphatic rings. The van der Waals surface area contributed by atoms with Crippen LogP contribution in [0.5, 0.6) is 0 Å². The van der Waals surface area contributed by atoms with Crippen molar-refractivity contribution in [3.05, 3.63) is 100 Å². The van der Waals surface area contributed by atoms with Gasteiger partial charge >= 0.3 is 17.9 Å². The van der Waals surface area contributed by atoms with E-state index in [-0.39, 0.29) is 21.8 Å². The lowest BCUT2D eigenvalue weighted by Gasteiger charge is -2.23. The van der Waals surface area contributed by atoms with Crippen LogP contribution >= 0.6 is 23.2 Å². The monoisotopic (exact) mass is 501 g/mol. The normalized spacial score (nSPS) is 12.2. The lowest BCUT2D eigenvalue weighted by molar-refractivity contribution is -0.157.